The number of carboxylic acids is 1. The predicted octanol–water partition coefficient (Wildman–Crippen LogP) is 0.965. The molecular formula is C11H14INO4. The van der Waals surface area contributed by atoms with Crippen LogP contribution in [0, 0.1) is 11.8 Å². The molecule has 0 spiro atoms. The van der Waals surface area contributed by atoms with E-state index in [0.29, 0.717) is 5.70 Å². The Hall–Kier alpha value is -0.630. The molecule has 94 valence electrons. The number of carbonyl (C=O) groups excluding carboxylic acids is 1. The summed E-state index contributed by atoms with van der Waals surface area (Å²) in [5.41, 5.74) is 0.595. The van der Waals surface area contributed by atoms with Crippen molar-refractivity contribution in [3.63, 3.8) is 0 Å². The average molecular weight is 351 g/mol. The maximum atomic E-state index is 11.9. The van der Waals surface area contributed by atoms with Crippen LogP contribution < -0.4 is 0 Å². The second kappa shape index (κ2) is 4.24. The van der Waals surface area contributed by atoms with E-state index in [1.807, 2.05) is 6.92 Å². The zero-order valence-corrected chi connectivity index (χ0v) is 11.7. The van der Waals surface area contributed by atoms with Gasteiger partial charge >= 0.3 is 5.97 Å². The molecule has 0 saturated carbocycles. The third kappa shape index (κ3) is 1.77. The summed E-state index contributed by atoms with van der Waals surface area (Å²) in [5, 5.41) is 18.4. The van der Waals surface area contributed by atoms with Gasteiger partial charge in [-0.05, 0) is 29.5 Å². The van der Waals surface area contributed by atoms with Crippen molar-refractivity contribution in [3.8, 4) is 0 Å². The van der Waals surface area contributed by atoms with Gasteiger partial charge in [0.05, 0.1) is 24.5 Å². The summed E-state index contributed by atoms with van der Waals surface area (Å²) in [6, 6.07) is -0.0660. The Morgan fingerprint density at radius 2 is 2.18 bits per heavy atom. The number of fused-ring (bicyclic) bond motifs is 1. The largest absolute Gasteiger partial charge is 0.481 e. The molecular weight excluding hydrogens is 337 g/mol. The number of aliphatic carboxylic acids is 1. The van der Waals surface area contributed by atoms with Crippen LogP contribution in [0.15, 0.2) is 9.28 Å². The van der Waals surface area contributed by atoms with Gasteiger partial charge in [0.25, 0.3) is 0 Å². The van der Waals surface area contributed by atoms with Crippen LogP contribution in [0.1, 0.15) is 20.3 Å². The zero-order chi connectivity index (χ0) is 12.9. The van der Waals surface area contributed by atoms with Crippen LogP contribution in [0.25, 0.3) is 0 Å². The molecule has 0 aromatic rings. The van der Waals surface area contributed by atoms with Gasteiger partial charge in [0, 0.05) is 15.2 Å². The zero-order valence-electron chi connectivity index (χ0n) is 9.55. The second-order valence-corrected chi connectivity index (χ2v) is 5.78. The number of aliphatic hydroxyl groups is 1. The number of halogens is 1. The summed E-state index contributed by atoms with van der Waals surface area (Å²) in [6.45, 7) is 3.57. The number of nitrogens with zero attached hydrogens (tertiary/aromatic N) is 1. The first kappa shape index (κ1) is 12.8. The molecule has 0 unspecified atom stereocenters. The van der Waals surface area contributed by atoms with Crippen LogP contribution in [-0.4, -0.2) is 39.1 Å². The molecule has 2 rings (SSSR count). The van der Waals surface area contributed by atoms with Gasteiger partial charge in [0.2, 0.25) is 5.91 Å². The highest BCUT2D eigenvalue weighted by Crippen LogP contribution is 2.49. The normalized spacial score (nSPS) is 33.5. The maximum Gasteiger partial charge on any atom is 0.309 e. The summed E-state index contributed by atoms with van der Waals surface area (Å²) in [6.07, 6.45) is -0.809. The molecule has 2 N–H and O–H groups in total. The third-order valence-electron chi connectivity index (χ3n) is 3.51. The molecule has 2 aliphatic rings. The number of aliphatic hydroxyl groups excluding tert-OH is 1. The molecule has 0 radical (unpaired) electrons. The van der Waals surface area contributed by atoms with Crippen molar-refractivity contribution in [1.29, 1.82) is 0 Å². The lowest BCUT2D eigenvalue weighted by molar-refractivity contribution is -0.160. The number of rotatable bonds is 3. The average Bonchev–Trinajstić information content (AvgIpc) is 2.38. The molecule has 1 fully saturated rings. The molecule has 4 atom stereocenters. The van der Waals surface area contributed by atoms with Gasteiger partial charge in [-0.15, -0.1) is 0 Å². The van der Waals surface area contributed by atoms with Crippen molar-refractivity contribution < 1.29 is 19.8 Å². The highest BCUT2D eigenvalue weighted by Gasteiger charge is 2.57. The highest BCUT2D eigenvalue weighted by atomic mass is 127. The standard InChI is InChI=1S/C11H14INO4/c1-4-9(12)6(3-7(15)16)13-10(4)8(5(2)14)11(13)17/h4-5,8,10,14H,3H2,1-2H3,(H,15,16)/t4-,5+,8+,10+/m0/s1. The van der Waals surface area contributed by atoms with Crippen LogP contribution >= 0.6 is 22.6 Å². The van der Waals surface area contributed by atoms with E-state index < -0.39 is 12.1 Å². The summed E-state index contributed by atoms with van der Waals surface area (Å²) >= 11 is 2.11. The van der Waals surface area contributed by atoms with E-state index in [1.54, 1.807) is 11.8 Å². The van der Waals surface area contributed by atoms with E-state index in [9.17, 15) is 14.7 Å². The summed E-state index contributed by atoms with van der Waals surface area (Å²) in [7, 11) is 0. The third-order valence-corrected chi connectivity index (χ3v) is 5.11. The van der Waals surface area contributed by atoms with Crippen LogP contribution in [-0.2, 0) is 9.59 Å². The molecule has 1 saturated heterocycles. The molecule has 17 heavy (non-hydrogen) atoms. The van der Waals surface area contributed by atoms with E-state index in [0.717, 1.165) is 3.58 Å². The smallest absolute Gasteiger partial charge is 0.309 e. The van der Waals surface area contributed by atoms with Crippen LogP contribution in [0.4, 0.5) is 0 Å². The lowest BCUT2D eigenvalue weighted by Crippen LogP contribution is -2.63. The monoisotopic (exact) mass is 351 g/mol. The Kier molecular flexibility index (Phi) is 3.19. The van der Waals surface area contributed by atoms with E-state index >= 15 is 0 Å². The fourth-order valence-electron chi connectivity index (χ4n) is 2.71. The minimum atomic E-state index is -0.935. The first-order chi connectivity index (χ1) is 7.86. The SMILES string of the molecule is C[C@@H](O)[C@H]1C(=O)N2C(CC(=O)O)=C(I)[C@H](C)[C@H]12. The van der Waals surface area contributed by atoms with Crippen molar-refractivity contribution >= 4 is 34.5 Å². The van der Waals surface area contributed by atoms with Gasteiger partial charge < -0.3 is 15.1 Å². The van der Waals surface area contributed by atoms with Crippen molar-refractivity contribution in [3.05, 3.63) is 9.28 Å². The molecule has 0 aromatic carbocycles. The Labute approximate surface area is 113 Å². The first-order valence-corrected chi connectivity index (χ1v) is 6.55. The molecule has 2 heterocycles. The summed E-state index contributed by atoms with van der Waals surface area (Å²) < 4.78 is 0.923. The van der Waals surface area contributed by atoms with Gasteiger partial charge in [-0.1, -0.05) is 6.92 Å². The minimum absolute atomic E-state index is 0.0660. The lowest BCUT2D eigenvalue weighted by atomic mass is 9.79. The van der Waals surface area contributed by atoms with Crippen molar-refractivity contribution in [2.75, 3.05) is 0 Å². The van der Waals surface area contributed by atoms with Crippen molar-refractivity contribution in [1.82, 2.24) is 4.90 Å². The Morgan fingerprint density at radius 1 is 1.59 bits per heavy atom. The molecule has 5 nitrogen and oxygen atoms in total. The molecule has 0 aromatic heterocycles. The van der Waals surface area contributed by atoms with Gasteiger partial charge in [0.15, 0.2) is 0 Å². The first-order valence-electron chi connectivity index (χ1n) is 5.47. The Balaban J connectivity index is 2.27. The highest BCUT2D eigenvalue weighted by molar-refractivity contribution is 14.1. The fraction of sp³-hybridized carbons (Fsp3) is 0.636. The van der Waals surface area contributed by atoms with Gasteiger partial charge in [-0.3, -0.25) is 9.59 Å². The van der Waals surface area contributed by atoms with Gasteiger partial charge in [0.1, 0.15) is 0 Å². The Morgan fingerprint density at radius 3 is 2.65 bits per heavy atom. The van der Waals surface area contributed by atoms with E-state index in [4.69, 9.17) is 5.11 Å². The maximum absolute atomic E-state index is 11.9. The number of hydrogen-bond acceptors (Lipinski definition) is 3. The second-order valence-electron chi connectivity index (χ2n) is 4.62. The predicted molar refractivity (Wildman–Crippen MR) is 68.3 cm³/mol. The van der Waals surface area contributed by atoms with Crippen LogP contribution in [0.2, 0.25) is 0 Å². The molecule has 0 aliphatic carbocycles. The van der Waals surface area contributed by atoms with E-state index in [2.05, 4.69) is 22.6 Å². The molecule has 2 aliphatic heterocycles. The number of amides is 1. The number of β-lactam (4-membered cyclic amide) rings is 1. The Bertz CT molecular complexity index is 418. The quantitative estimate of drug-likeness (QED) is 0.587. The van der Waals surface area contributed by atoms with Gasteiger partial charge in [-0.25, -0.2) is 0 Å². The van der Waals surface area contributed by atoms with Crippen molar-refractivity contribution in [2.45, 2.75) is 32.4 Å². The molecule has 1 amide bonds. The number of carbonyl (C=O) groups is 2. The topological polar surface area (TPSA) is 77.8 Å². The minimum Gasteiger partial charge on any atom is -0.481 e. The summed E-state index contributed by atoms with van der Waals surface area (Å²) in [5.74, 6) is -1.36. The molecule has 0 bridgehead atoms. The van der Waals surface area contributed by atoms with Gasteiger partial charge in [-0.2, -0.15) is 0 Å². The van der Waals surface area contributed by atoms with E-state index in [1.165, 1.54) is 0 Å². The number of hydrogen-bond donors (Lipinski definition) is 2. The lowest BCUT2D eigenvalue weighted by Gasteiger charge is -2.47. The number of carboxylic acid groups (broad SMARTS) is 1. The van der Waals surface area contributed by atoms with E-state index in [-0.39, 0.29) is 30.2 Å². The van der Waals surface area contributed by atoms with Crippen molar-refractivity contribution in [2.24, 2.45) is 11.8 Å². The van der Waals surface area contributed by atoms with Crippen LogP contribution in [0.5, 0.6) is 0 Å². The molecule has 6 heteroatoms. The summed E-state index contributed by atoms with van der Waals surface area (Å²) in [4.78, 5) is 24.2. The van der Waals surface area contributed by atoms with Crippen LogP contribution in [0.3, 0.4) is 0 Å². The fourth-order valence-corrected chi connectivity index (χ4v) is 3.53.